The maximum absolute atomic E-state index is 12.4. The maximum Gasteiger partial charge on any atom is 0.434 e. The van der Waals surface area contributed by atoms with E-state index in [0.717, 1.165) is 0 Å². The van der Waals surface area contributed by atoms with Crippen molar-refractivity contribution in [3.8, 4) is 0 Å². The highest BCUT2D eigenvalue weighted by molar-refractivity contribution is 5.84. The third-order valence-electron chi connectivity index (χ3n) is 2.60. The van der Waals surface area contributed by atoms with Crippen molar-refractivity contribution in [1.82, 2.24) is 0 Å². The quantitative estimate of drug-likeness (QED) is 0.333. The predicted octanol–water partition coefficient (Wildman–Crippen LogP) is 3.38. The van der Waals surface area contributed by atoms with E-state index in [9.17, 15) is 67.1 Å². The van der Waals surface area contributed by atoms with Gasteiger partial charge in [0.15, 0.2) is 0 Å². The lowest BCUT2D eigenvalue weighted by Gasteiger charge is -2.26. The number of hydrogen-bond donors (Lipinski definition) is 0. The molecule has 30 heavy (non-hydrogen) atoms. The highest BCUT2D eigenvalue weighted by Crippen LogP contribution is 2.37. The van der Waals surface area contributed by atoms with E-state index in [1.807, 2.05) is 0 Å². The minimum atomic E-state index is -6.26. The average Bonchev–Trinajstić information content (AvgIpc) is 2.44. The Hall–Kier alpha value is -2.43. The molecule has 0 radical (unpaired) electrons. The number of carbonyl (C=O) groups excluding carboxylic acids is 3. The zero-order valence-corrected chi connectivity index (χ0v) is 13.9. The van der Waals surface area contributed by atoms with Gasteiger partial charge in [0.2, 0.25) is 6.10 Å². The number of ether oxygens (including phenoxy) is 3. The summed E-state index contributed by atoms with van der Waals surface area (Å²) in [6.07, 6.45) is -39.7. The van der Waals surface area contributed by atoms with Crippen molar-refractivity contribution in [3.63, 3.8) is 0 Å². The summed E-state index contributed by atoms with van der Waals surface area (Å²) in [5.41, 5.74) is 0. The van der Waals surface area contributed by atoms with Gasteiger partial charge in [0.1, 0.15) is 0 Å². The first-order chi connectivity index (χ1) is 13.1. The summed E-state index contributed by atoms with van der Waals surface area (Å²) in [5.74, 6) is -7.01. The van der Waals surface area contributed by atoms with E-state index >= 15 is 0 Å². The standard InChI is InChI=1S/C12H8F12O6/c1-3(25)28-4(6(27)30-8(11(19,20)21)12(22,23)24)2-5(26)29-7(9(13,14)15)10(16,17)18/h4,7-8H,2H2,1H3. The van der Waals surface area contributed by atoms with Crippen molar-refractivity contribution in [2.45, 2.75) is 56.4 Å². The molecule has 0 saturated carbocycles. The number of carbonyl (C=O) groups is 3. The van der Waals surface area contributed by atoms with Crippen LogP contribution in [0, 0.1) is 0 Å². The van der Waals surface area contributed by atoms with Gasteiger partial charge in [-0.2, -0.15) is 52.7 Å². The lowest BCUT2D eigenvalue weighted by atomic mass is 10.2. The molecule has 0 saturated heterocycles. The summed E-state index contributed by atoms with van der Waals surface area (Å²) in [6, 6.07) is 0. The third kappa shape index (κ3) is 8.93. The van der Waals surface area contributed by atoms with Crippen LogP contribution in [0.4, 0.5) is 52.7 Å². The molecular weight excluding hydrogens is 468 g/mol. The highest BCUT2D eigenvalue weighted by atomic mass is 19.4. The molecule has 0 rings (SSSR count). The minimum Gasteiger partial charge on any atom is -0.450 e. The van der Waals surface area contributed by atoms with Gasteiger partial charge in [-0.3, -0.25) is 9.59 Å². The number of halogens is 12. The van der Waals surface area contributed by atoms with Gasteiger partial charge < -0.3 is 14.2 Å². The Balaban J connectivity index is 5.58. The lowest BCUT2D eigenvalue weighted by Crippen LogP contribution is -2.48. The molecule has 0 aromatic rings. The molecule has 0 aromatic heterocycles. The van der Waals surface area contributed by atoms with Crippen LogP contribution in [0.5, 0.6) is 0 Å². The normalized spacial score (nSPS) is 14.5. The minimum absolute atomic E-state index is 0.394. The molecule has 0 amide bonds. The Labute approximate surface area is 157 Å². The first kappa shape index (κ1) is 27.6. The highest BCUT2D eigenvalue weighted by Gasteiger charge is 2.61. The first-order valence-corrected chi connectivity index (χ1v) is 6.90. The van der Waals surface area contributed by atoms with Crippen LogP contribution < -0.4 is 0 Å². The molecule has 176 valence electrons. The fraction of sp³-hybridized carbons (Fsp3) is 0.750. The SMILES string of the molecule is CC(=O)OC(CC(=O)OC(C(F)(F)F)C(F)(F)F)C(=O)OC(C(F)(F)F)C(F)(F)F. The molecule has 0 spiro atoms. The van der Waals surface area contributed by atoms with Gasteiger partial charge >= 0.3 is 42.6 Å². The summed E-state index contributed by atoms with van der Waals surface area (Å²) >= 11 is 0. The topological polar surface area (TPSA) is 78.9 Å². The fourth-order valence-electron chi connectivity index (χ4n) is 1.53. The molecule has 0 N–H and O–H groups in total. The summed E-state index contributed by atoms with van der Waals surface area (Å²) < 4.78 is 158. The summed E-state index contributed by atoms with van der Waals surface area (Å²) in [7, 11) is 0. The zero-order valence-electron chi connectivity index (χ0n) is 13.9. The van der Waals surface area contributed by atoms with E-state index < -0.39 is 67.3 Å². The number of rotatable bonds is 6. The molecule has 0 fully saturated rings. The third-order valence-corrected chi connectivity index (χ3v) is 2.60. The Morgan fingerprint density at radius 2 is 0.967 bits per heavy atom. The first-order valence-electron chi connectivity index (χ1n) is 6.90. The van der Waals surface area contributed by atoms with Crippen molar-refractivity contribution < 1.29 is 81.3 Å². The van der Waals surface area contributed by atoms with Gasteiger partial charge in [-0.25, -0.2) is 4.79 Å². The van der Waals surface area contributed by atoms with Crippen LogP contribution in [0.3, 0.4) is 0 Å². The average molecular weight is 476 g/mol. The lowest BCUT2D eigenvalue weighted by molar-refractivity contribution is -0.316. The maximum atomic E-state index is 12.4. The zero-order chi connectivity index (χ0) is 24.3. The van der Waals surface area contributed by atoms with Crippen molar-refractivity contribution in [2.24, 2.45) is 0 Å². The molecular formula is C12H8F12O6. The number of alkyl halides is 12. The summed E-state index contributed by atoms with van der Waals surface area (Å²) in [5, 5.41) is 0. The van der Waals surface area contributed by atoms with Crippen LogP contribution in [0.1, 0.15) is 13.3 Å². The number of hydrogen-bond acceptors (Lipinski definition) is 6. The van der Waals surface area contributed by atoms with Gasteiger partial charge in [-0.05, 0) is 0 Å². The molecule has 0 aliphatic rings. The largest absolute Gasteiger partial charge is 0.450 e. The monoisotopic (exact) mass is 476 g/mol. The predicted molar refractivity (Wildman–Crippen MR) is 64.2 cm³/mol. The van der Waals surface area contributed by atoms with E-state index in [1.165, 1.54) is 0 Å². The fourth-order valence-corrected chi connectivity index (χ4v) is 1.53. The molecule has 6 nitrogen and oxygen atoms in total. The van der Waals surface area contributed by atoms with E-state index in [4.69, 9.17) is 0 Å². The van der Waals surface area contributed by atoms with E-state index in [0.29, 0.717) is 6.92 Å². The summed E-state index contributed by atoms with van der Waals surface area (Å²) in [4.78, 5) is 33.5. The van der Waals surface area contributed by atoms with Gasteiger partial charge in [0, 0.05) is 6.92 Å². The van der Waals surface area contributed by atoms with Gasteiger partial charge in [0.05, 0.1) is 6.42 Å². The van der Waals surface area contributed by atoms with E-state index in [1.54, 1.807) is 0 Å². The second kappa shape index (κ2) is 9.15. The molecule has 0 heterocycles. The smallest absolute Gasteiger partial charge is 0.434 e. The van der Waals surface area contributed by atoms with Crippen LogP contribution in [0.15, 0.2) is 0 Å². The molecule has 0 aliphatic heterocycles. The molecule has 0 aliphatic carbocycles. The molecule has 0 aromatic carbocycles. The second-order valence-corrected chi connectivity index (χ2v) is 5.16. The van der Waals surface area contributed by atoms with Crippen LogP contribution in [0.2, 0.25) is 0 Å². The Bertz CT molecular complexity index is 604. The molecule has 0 bridgehead atoms. The Morgan fingerprint density at radius 1 is 0.633 bits per heavy atom. The van der Waals surface area contributed by atoms with Crippen LogP contribution in [-0.2, 0) is 28.6 Å². The van der Waals surface area contributed by atoms with Crippen LogP contribution in [-0.4, -0.2) is 60.9 Å². The Kier molecular flexibility index (Phi) is 8.41. The molecule has 1 unspecified atom stereocenters. The van der Waals surface area contributed by atoms with Crippen molar-refractivity contribution in [2.75, 3.05) is 0 Å². The van der Waals surface area contributed by atoms with Gasteiger partial charge in [-0.15, -0.1) is 0 Å². The van der Waals surface area contributed by atoms with Crippen molar-refractivity contribution >= 4 is 17.9 Å². The number of esters is 3. The van der Waals surface area contributed by atoms with Gasteiger partial charge in [0.25, 0.3) is 12.2 Å². The van der Waals surface area contributed by atoms with Crippen molar-refractivity contribution in [1.29, 1.82) is 0 Å². The van der Waals surface area contributed by atoms with Gasteiger partial charge in [-0.1, -0.05) is 0 Å². The molecule has 1 atom stereocenters. The van der Waals surface area contributed by atoms with Crippen LogP contribution >= 0.6 is 0 Å². The second-order valence-electron chi connectivity index (χ2n) is 5.16. The molecule has 18 heteroatoms. The van der Waals surface area contributed by atoms with Crippen molar-refractivity contribution in [3.05, 3.63) is 0 Å². The van der Waals surface area contributed by atoms with E-state index in [2.05, 4.69) is 14.2 Å². The van der Waals surface area contributed by atoms with E-state index in [-0.39, 0.29) is 0 Å². The summed E-state index contributed by atoms with van der Waals surface area (Å²) in [6.45, 7) is 0.394. The Morgan fingerprint density at radius 3 is 1.27 bits per heavy atom. The van der Waals surface area contributed by atoms with Crippen LogP contribution in [0.25, 0.3) is 0 Å².